The highest BCUT2D eigenvalue weighted by molar-refractivity contribution is 5.98. The third kappa shape index (κ3) is 4.72. The fraction of sp³-hybridized carbons (Fsp3) is 0.476. The van der Waals surface area contributed by atoms with Crippen LogP contribution in [0.5, 0.6) is 0 Å². The van der Waals surface area contributed by atoms with Crippen LogP contribution in [0.4, 0.5) is 15.8 Å². The van der Waals surface area contributed by atoms with Crippen LogP contribution in [0.2, 0.25) is 0 Å². The van der Waals surface area contributed by atoms with Crippen LogP contribution in [-0.2, 0) is 18.4 Å². The monoisotopic (exact) mass is 415 g/mol. The van der Waals surface area contributed by atoms with Crippen LogP contribution >= 0.6 is 0 Å². The van der Waals surface area contributed by atoms with Crippen LogP contribution in [0, 0.1) is 5.82 Å². The van der Waals surface area contributed by atoms with Gasteiger partial charge in [0.15, 0.2) is 5.96 Å². The van der Waals surface area contributed by atoms with Crippen molar-refractivity contribution < 1.29 is 9.18 Å². The number of carbonyl (C=O) groups is 1. The Morgan fingerprint density at radius 1 is 1.30 bits per heavy atom. The first-order valence-electron chi connectivity index (χ1n) is 10.2. The van der Waals surface area contributed by atoms with E-state index in [1.807, 2.05) is 49.0 Å². The van der Waals surface area contributed by atoms with Crippen molar-refractivity contribution in [3.63, 3.8) is 0 Å². The molecule has 3 rings (SSSR count). The molecule has 1 fully saturated rings. The minimum Gasteiger partial charge on any atom is -0.370 e. The molecular formula is C21H30FN7O. The van der Waals surface area contributed by atoms with E-state index in [0.717, 1.165) is 24.3 Å². The van der Waals surface area contributed by atoms with Gasteiger partial charge in [-0.25, -0.2) is 4.39 Å². The molecular weight excluding hydrogens is 385 g/mol. The SMILES string of the molecule is CCN(CC)c1ccc(CNC(=NC)N2CCN(c3cnn(C)c3)C(=O)C2)cc1F. The fourth-order valence-electron chi connectivity index (χ4n) is 3.67. The standard InChI is InChI=1S/C21H30FN7O/c1-5-27(6-2)19-8-7-16(11-18(19)22)12-24-21(23-3)28-9-10-29(20(30)15-28)17-13-25-26(4)14-17/h7-8,11,13-14H,5-6,9-10,12,15H2,1-4H3,(H,23,24). The van der Waals surface area contributed by atoms with Crippen molar-refractivity contribution in [1.29, 1.82) is 0 Å². The van der Waals surface area contributed by atoms with Gasteiger partial charge in [0.25, 0.3) is 0 Å². The van der Waals surface area contributed by atoms with Gasteiger partial charge in [0.1, 0.15) is 12.4 Å². The number of nitrogens with one attached hydrogen (secondary N) is 1. The highest BCUT2D eigenvalue weighted by Gasteiger charge is 2.27. The van der Waals surface area contributed by atoms with Crippen molar-refractivity contribution in [2.24, 2.45) is 12.0 Å². The zero-order chi connectivity index (χ0) is 21.7. The number of carbonyl (C=O) groups excluding carboxylic acids is 1. The number of aryl methyl sites for hydroxylation is 1. The quantitative estimate of drug-likeness (QED) is 0.576. The van der Waals surface area contributed by atoms with E-state index in [0.29, 0.717) is 31.3 Å². The zero-order valence-corrected chi connectivity index (χ0v) is 18.1. The molecule has 0 saturated carbocycles. The molecule has 1 N–H and O–H groups in total. The van der Waals surface area contributed by atoms with Crippen LogP contribution in [0.3, 0.4) is 0 Å². The van der Waals surface area contributed by atoms with Gasteiger partial charge in [-0.05, 0) is 31.5 Å². The number of guanidine groups is 1. The van der Waals surface area contributed by atoms with Crippen LogP contribution in [0.25, 0.3) is 0 Å². The lowest BCUT2D eigenvalue weighted by Gasteiger charge is -2.35. The topological polar surface area (TPSA) is 69.0 Å². The lowest BCUT2D eigenvalue weighted by Crippen LogP contribution is -2.55. The summed E-state index contributed by atoms with van der Waals surface area (Å²) < 4.78 is 16.2. The molecule has 0 unspecified atom stereocenters. The number of amides is 1. The molecule has 1 aromatic carbocycles. The maximum Gasteiger partial charge on any atom is 0.246 e. The van der Waals surface area contributed by atoms with E-state index < -0.39 is 0 Å². The second-order valence-electron chi connectivity index (χ2n) is 7.20. The summed E-state index contributed by atoms with van der Waals surface area (Å²) >= 11 is 0. The molecule has 0 bridgehead atoms. The number of hydrogen-bond donors (Lipinski definition) is 1. The molecule has 1 aliphatic rings. The highest BCUT2D eigenvalue weighted by Crippen LogP contribution is 2.20. The Kier molecular flexibility index (Phi) is 6.91. The molecule has 0 aliphatic carbocycles. The molecule has 162 valence electrons. The average molecular weight is 416 g/mol. The van der Waals surface area contributed by atoms with Crippen LogP contribution < -0.4 is 15.1 Å². The fourth-order valence-corrected chi connectivity index (χ4v) is 3.67. The predicted octanol–water partition coefficient (Wildman–Crippen LogP) is 1.83. The van der Waals surface area contributed by atoms with E-state index >= 15 is 0 Å². The van der Waals surface area contributed by atoms with Gasteiger partial charge in [0.2, 0.25) is 5.91 Å². The van der Waals surface area contributed by atoms with E-state index in [2.05, 4.69) is 15.4 Å². The summed E-state index contributed by atoms with van der Waals surface area (Å²) in [6, 6.07) is 5.29. The third-order valence-electron chi connectivity index (χ3n) is 5.30. The molecule has 2 heterocycles. The van der Waals surface area contributed by atoms with Crippen molar-refractivity contribution in [3.05, 3.63) is 42.0 Å². The second kappa shape index (κ2) is 9.60. The highest BCUT2D eigenvalue weighted by atomic mass is 19.1. The van der Waals surface area contributed by atoms with Gasteiger partial charge in [0.05, 0.1) is 17.6 Å². The number of halogens is 1. The van der Waals surface area contributed by atoms with Gasteiger partial charge in [-0.3, -0.25) is 14.5 Å². The Hall–Kier alpha value is -3.10. The van der Waals surface area contributed by atoms with Gasteiger partial charge in [-0.2, -0.15) is 5.10 Å². The van der Waals surface area contributed by atoms with Gasteiger partial charge in [-0.15, -0.1) is 0 Å². The van der Waals surface area contributed by atoms with Crippen molar-refractivity contribution in [1.82, 2.24) is 20.0 Å². The minimum atomic E-state index is -0.228. The summed E-state index contributed by atoms with van der Waals surface area (Å²) in [7, 11) is 3.51. The maximum atomic E-state index is 14.5. The average Bonchev–Trinajstić information content (AvgIpc) is 3.16. The van der Waals surface area contributed by atoms with Crippen molar-refractivity contribution in [2.75, 3.05) is 49.6 Å². The lowest BCUT2D eigenvalue weighted by atomic mass is 10.1. The van der Waals surface area contributed by atoms with E-state index in [-0.39, 0.29) is 18.3 Å². The molecule has 1 saturated heterocycles. The number of piperazine rings is 1. The van der Waals surface area contributed by atoms with Gasteiger partial charge < -0.3 is 20.0 Å². The molecule has 0 radical (unpaired) electrons. The summed E-state index contributed by atoms with van der Waals surface area (Å²) in [6.07, 6.45) is 3.52. The first kappa shape index (κ1) is 21.6. The number of aromatic nitrogens is 2. The number of aliphatic imine (C=N–C) groups is 1. The number of anilines is 2. The van der Waals surface area contributed by atoms with E-state index in [4.69, 9.17) is 0 Å². The zero-order valence-electron chi connectivity index (χ0n) is 18.1. The van der Waals surface area contributed by atoms with Crippen molar-refractivity contribution >= 4 is 23.2 Å². The Morgan fingerprint density at radius 2 is 2.07 bits per heavy atom. The maximum absolute atomic E-state index is 14.5. The Bertz CT molecular complexity index is 907. The van der Waals surface area contributed by atoms with Gasteiger partial charge >= 0.3 is 0 Å². The molecule has 1 aliphatic heterocycles. The van der Waals surface area contributed by atoms with E-state index in [1.165, 1.54) is 0 Å². The van der Waals surface area contributed by atoms with Gasteiger partial charge in [0, 0.05) is 53.0 Å². The normalized spacial score (nSPS) is 15.0. The van der Waals surface area contributed by atoms with Gasteiger partial charge in [-0.1, -0.05) is 6.07 Å². The molecule has 30 heavy (non-hydrogen) atoms. The lowest BCUT2D eigenvalue weighted by molar-refractivity contribution is -0.120. The van der Waals surface area contributed by atoms with Crippen molar-refractivity contribution in [2.45, 2.75) is 20.4 Å². The van der Waals surface area contributed by atoms with E-state index in [9.17, 15) is 9.18 Å². The summed E-state index contributed by atoms with van der Waals surface area (Å²) in [5.41, 5.74) is 2.24. The number of rotatable bonds is 6. The summed E-state index contributed by atoms with van der Waals surface area (Å²) in [4.78, 5) is 22.6. The molecule has 2 aromatic rings. The smallest absolute Gasteiger partial charge is 0.246 e. The van der Waals surface area contributed by atoms with Crippen LogP contribution in [0.15, 0.2) is 35.6 Å². The number of hydrogen-bond acceptors (Lipinski definition) is 4. The first-order chi connectivity index (χ1) is 14.5. The second-order valence-corrected chi connectivity index (χ2v) is 7.20. The Morgan fingerprint density at radius 3 is 2.63 bits per heavy atom. The number of nitrogens with zero attached hydrogens (tertiary/aromatic N) is 6. The minimum absolute atomic E-state index is 0.00757. The molecule has 1 amide bonds. The molecule has 9 heteroatoms. The third-order valence-corrected chi connectivity index (χ3v) is 5.30. The first-order valence-corrected chi connectivity index (χ1v) is 10.2. The Balaban J connectivity index is 1.60. The molecule has 0 atom stereocenters. The van der Waals surface area contributed by atoms with Crippen LogP contribution in [0.1, 0.15) is 19.4 Å². The molecule has 0 spiro atoms. The summed E-state index contributed by atoms with van der Waals surface area (Å²) in [5.74, 6) is 0.391. The van der Waals surface area contributed by atoms with E-state index in [1.54, 1.807) is 28.9 Å². The summed E-state index contributed by atoms with van der Waals surface area (Å²) in [5, 5.41) is 7.38. The molecule has 1 aromatic heterocycles. The predicted molar refractivity (Wildman–Crippen MR) is 117 cm³/mol. The largest absolute Gasteiger partial charge is 0.370 e. The Labute approximate surface area is 177 Å². The number of benzene rings is 1. The van der Waals surface area contributed by atoms with Crippen molar-refractivity contribution in [3.8, 4) is 0 Å². The molecule has 8 nitrogen and oxygen atoms in total. The van der Waals surface area contributed by atoms with Crippen LogP contribution in [-0.4, -0.2) is 66.3 Å². The summed E-state index contributed by atoms with van der Waals surface area (Å²) in [6.45, 7) is 7.40.